The van der Waals surface area contributed by atoms with E-state index in [1.807, 2.05) is 50.2 Å². The van der Waals surface area contributed by atoms with Gasteiger partial charge in [0.15, 0.2) is 17.5 Å². The minimum atomic E-state index is -0.0576. The summed E-state index contributed by atoms with van der Waals surface area (Å²) in [4.78, 5) is 4.53. The molecule has 0 saturated heterocycles. The van der Waals surface area contributed by atoms with Crippen molar-refractivity contribution in [1.82, 2.24) is 10.6 Å². The van der Waals surface area contributed by atoms with Crippen LogP contribution in [0.1, 0.15) is 19.4 Å². The molecular formula is C20H27BrIN3O3. The molecule has 2 aromatic rings. The maximum Gasteiger partial charge on any atom is 0.191 e. The standard InChI is InChI=1S/C20H26BrN3O3.HI/c1-4-22-20(24-13-15-8-7-11-18(26-3)19(15)25)23-12-14(2)27-17-10-6-5-9-16(17)21;/h5-11,14,25H,4,12-13H2,1-3H3,(H2,22,23,24);1H. The van der Waals surface area contributed by atoms with Crippen LogP contribution >= 0.6 is 39.9 Å². The number of nitrogens with one attached hydrogen (secondary N) is 2. The molecule has 0 aliphatic heterocycles. The third kappa shape index (κ3) is 7.38. The van der Waals surface area contributed by atoms with Crippen molar-refractivity contribution in [3.63, 3.8) is 0 Å². The fourth-order valence-corrected chi connectivity index (χ4v) is 2.78. The van der Waals surface area contributed by atoms with Gasteiger partial charge in [-0.2, -0.15) is 0 Å². The van der Waals surface area contributed by atoms with Crippen LogP contribution in [0.4, 0.5) is 0 Å². The Bertz CT molecular complexity index is 774. The second-order valence-electron chi connectivity index (χ2n) is 5.90. The molecule has 0 aromatic heterocycles. The van der Waals surface area contributed by atoms with Gasteiger partial charge in [-0.1, -0.05) is 24.3 Å². The molecule has 0 bridgehead atoms. The number of rotatable bonds is 8. The van der Waals surface area contributed by atoms with E-state index in [1.54, 1.807) is 6.07 Å². The number of aliphatic imine (C=N–C) groups is 1. The first-order valence-electron chi connectivity index (χ1n) is 8.83. The molecule has 154 valence electrons. The van der Waals surface area contributed by atoms with E-state index in [1.165, 1.54) is 7.11 Å². The third-order valence-corrected chi connectivity index (χ3v) is 4.43. The zero-order valence-electron chi connectivity index (χ0n) is 16.2. The van der Waals surface area contributed by atoms with Gasteiger partial charge in [-0.05, 0) is 48.0 Å². The summed E-state index contributed by atoms with van der Waals surface area (Å²) < 4.78 is 12.0. The number of phenols is 1. The van der Waals surface area contributed by atoms with Crippen LogP contribution in [0, 0.1) is 0 Å². The molecule has 0 aliphatic carbocycles. The fourth-order valence-electron chi connectivity index (χ4n) is 2.41. The van der Waals surface area contributed by atoms with Gasteiger partial charge >= 0.3 is 0 Å². The molecule has 8 heteroatoms. The number of halogens is 2. The van der Waals surface area contributed by atoms with Crippen LogP contribution in [-0.2, 0) is 6.54 Å². The molecule has 0 amide bonds. The number of methoxy groups -OCH3 is 1. The summed E-state index contributed by atoms with van der Waals surface area (Å²) in [5, 5.41) is 16.6. The van der Waals surface area contributed by atoms with Crippen LogP contribution in [0.5, 0.6) is 17.2 Å². The Morgan fingerprint density at radius 3 is 2.54 bits per heavy atom. The number of ether oxygens (including phenoxy) is 2. The minimum absolute atomic E-state index is 0. The Morgan fingerprint density at radius 2 is 1.86 bits per heavy atom. The molecule has 0 fully saturated rings. The molecule has 0 heterocycles. The summed E-state index contributed by atoms with van der Waals surface area (Å²) in [5.74, 6) is 2.01. The van der Waals surface area contributed by atoms with Crippen LogP contribution in [0.2, 0.25) is 0 Å². The fraction of sp³-hybridized carbons (Fsp3) is 0.350. The number of guanidine groups is 1. The predicted octanol–water partition coefficient (Wildman–Crippen LogP) is 4.30. The van der Waals surface area contributed by atoms with E-state index in [-0.39, 0.29) is 35.8 Å². The molecule has 1 atom stereocenters. The summed E-state index contributed by atoms with van der Waals surface area (Å²) >= 11 is 3.48. The second-order valence-corrected chi connectivity index (χ2v) is 6.76. The van der Waals surface area contributed by atoms with Crippen molar-refractivity contribution in [1.29, 1.82) is 0 Å². The van der Waals surface area contributed by atoms with Crippen molar-refractivity contribution in [3.05, 3.63) is 52.5 Å². The Labute approximate surface area is 191 Å². The molecule has 0 radical (unpaired) electrons. The van der Waals surface area contributed by atoms with Gasteiger partial charge in [0.05, 0.1) is 24.7 Å². The van der Waals surface area contributed by atoms with Gasteiger partial charge in [-0.3, -0.25) is 0 Å². The minimum Gasteiger partial charge on any atom is -0.504 e. The number of benzene rings is 2. The SMILES string of the molecule is CCNC(=NCc1cccc(OC)c1O)NCC(C)Oc1ccccc1Br.I. The molecule has 28 heavy (non-hydrogen) atoms. The average Bonchev–Trinajstić information content (AvgIpc) is 2.67. The lowest BCUT2D eigenvalue weighted by Gasteiger charge is -2.18. The van der Waals surface area contributed by atoms with E-state index in [9.17, 15) is 5.11 Å². The van der Waals surface area contributed by atoms with Gasteiger partial charge in [-0.15, -0.1) is 24.0 Å². The molecular weight excluding hydrogens is 537 g/mol. The lowest BCUT2D eigenvalue weighted by molar-refractivity contribution is 0.222. The van der Waals surface area contributed by atoms with Crippen molar-refractivity contribution in [3.8, 4) is 17.2 Å². The van der Waals surface area contributed by atoms with E-state index in [2.05, 4.69) is 31.6 Å². The van der Waals surface area contributed by atoms with Gasteiger partial charge < -0.3 is 25.2 Å². The average molecular weight is 564 g/mol. The number of hydrogen-bond donors (Lipinski definition) is 3. The van der Waals surface area contributed by atoms with Crippen LogP contribution in [0.15, 0.2) is 51.9 Å². The van der Waals surface area contributed by atoms with E-state index >= 15 is 0 Å². The topological polar surface area (TPSA) is 75.1 Å². The van der Waals surface area contributed by atoms with Crippen LogP contribution in [0.25, 0.3) is 0 Å². The molecule has 2 rings (SSSR count). The van der Waals surface area contributed by atoms with E-state index in [4.69, 9.17) is 9.47 Å². The molecule has 0 saturated carbocycles. The van der Waals surface area contributed by atoms with Crippen molar-refractivity contribution >= 4 is 45.9 Å². The van der Waals surface area contributed by atoms with Crippen LogP contribution < -0.4 is 20.1 Å². The van der Waals surface area contributed by atoms with Gasteiger partial charge in [0.2, 0.25) is 0 Å². The lowest BCUT2D eigenvalue weighted by Crippen LogP contribution is -2.41. The maximum atomic E-state index is 10.2. The molecule has 0 aliphatic rings. The largest absolute Gasteiger partial charge is 0.504 e. The smallest absolute Gasteiger partial charge is 0.191 e. The number of hydrogen-bond acceptors (Lipinski definition) is 4. The third-order valence-electron chi connectivity index (χ3n) is 3.78. The summed E-state index contributed by atoms with van der Waals surface area (Å²) in [7, 11) is 1.53. The van der Waals surface area contributed by atoms with Crippen molar-refractivity contribution in [2.45, 2.75) is 26.5 Å². The van der Waals surface area contributed by atoms with E-state index in [0.717, 1.165) is 16.8 Å². The maximum absolute atomic E-state index is 10.2. The van der Waals surface area contributed by atoms with Crippen LogP contribution in [0.3, 0.4) is 0 Å². The Balaban J connectivity index is 0.00000392. The predicted molar refractivity (Wildman–Crippen MR) is 127 cm³/mol. The van der Waals surface area contributed by atoms with E-state index in [0.29, 0.717) is 30.4 Å². The summed E-state index contributed by atoms with van der Waals surface area (Å²) in [6, 6.07) is 13.1. The summed E-state index contributed by atoms with van der Waals surface area (Å²) in [5.41, 5.74) is 0.698. The number of phenolic OH excluding ortho intramolecular Hbond substituents is 1. The lowest BCUT2D eigenvalue weighted by atomic mass is 10.2. The Hall–Kier alpha value is -1.68. The van der Waals surface area contributed by atoms with Gasteiger partial charge in [0, 0.05) is 12.1 Å². The Kier molecular flexibility index (Phi) is 11.1. The Morgan fingerprint density at radius 1 is 1.14 bits per heavy atom. The number of para-hydroxylation sites is 2. The highest BCUT2D eigenvalue weighted by Crippen LogP contribution is 2.29. The zero-order chi connectivity index (χ0) is 19.6. The number of nitrogens with zero attached hydrogens (tertiary/aromatic N) is 1. The highest BCUT2D eigenvalue weighted by atomic mass is 127. The van der Waals surface area contributed by atoms with Gasteiger partial charge in [0.1, 0.15) is 11.9 Å². The van der Waals surface area contributed by atoms with Gasteiger partial charge in [-0.25, -0.2) is 4.99 Å². The molecule has 3 N–H and O–H groups in total. The number of aromatic hydroxyl groups is 1. The van der Waals surface area contributed by atoms with Crippen molar-refractivity contribution in [2.24, 2.45) is 4.99 Å². The monoisotopic (exact) mass is 563 g/mol. The first kappa shape index (κ1) is 24.4. The summed E-state index contributed by atoms with van der Waals surface area (Å²) in [6.45, 7) is 5.63. The van der Waals surface area contributed by atoms with Gasteiger partial charge in [0.25, 0.3) is 0 Å². The first-order valence-corrected chi connectivity index (χ1v) is 9.62. The molecule has 2 aromatic carbocycles. The first-order chi connectivity index (χ1) is 13.0. The second kappa shape index (κ2) is 12.7. The molecule has 1 unspecified atom stereocenters. The van der Waals surface area contributed by atoms with Crippen LogP contribution in [-0.4, -0.2) is 37.4 Å². The normalized spacial score (nSPS) is 11.9. The quantitative estimate of drug-likeness (QED) is 0.254. The van der Waals surface area contributed by atoms with E-state index < -0.39 is 0 Å². The van der Waals surface area contributed by atoms with Crippen molar-refractivity contribution in [2.75, 3.05) is 20.2 Å². The zero-order valence-corrected chi connectivity index (χ0v) is 20.2. The summed E-state index contributed by atoms with van der Waals surface area (Å²) in [6.07, 6.45) is -0.0576. The highest BCUT2D eigenvalue weighted by Gasteiger charge is 2.09. The van der Waals surface area contributed by atoms with Crippen molar-refractivity contribution < 1.29 is 14.6 Å². The molecule has 0 spiro atoms. The molecule has 6 nitrogen and oxygen atoms in total. The highest BCUT2D eigenvalue weighted by molar-refractivity contribution is 14.0.